The number of pyridine rings is 1. The van der Waals surface area contributed by atoms with Crippen LogP contribution in [0.15, 0.2) is 42.5 Å². The van der Waals surface area contributed by atoms with Gasteiger partial charge in [-0.05, 0) is 42.8 Å². The van der Waals surface area contributed by atoms with Crippen LogP contribution in [0, 0.1) is 6.92 Å². The van der Waals surface area contributed by atoms with Crippen LogP contribution >= 0.6 is 23.2 Å². The molecule has 0 bridgehead atoms. The molecule has 1 amide bonds. The Morgan fingerprint density at radius 1 is 1.25 bits per heavy atom. The molecule has 0 saturated carbocycles. The molecular weight excluding hydrogens is 295 g/mol. The van der Waals surface area contributed by atoms with Gasteiger partial charge in [-0.15, -0.1) is 0 Å². The van der Waals surface area contributed by atoms with Gasteiger partial charge in [-0.3, -0.25) is 4.79 Å². The van der Waals surface area contributed by atoms with Crippen LogP contribution in [0.2, 0.25) is 10.0 Å². The van der Waals surface area contributed by atoms with E-state index in [0.29, 0.717) is 15.9 Å². The number of anilines is 1. The molecule has 0 fully saturated rings. The van der Waals surface area contributed by atoms with Gasteiger partial charge in [-0.25, -0.2) is 4.98 Å². The van der Waals surface area contributed by atoms with Crippen molar-refractivity contribution in [2.75, 3.05) is 5.32 Å². The summed E-state index contributed by atoms with van der Waals surface area (Å²) in [4.78, 5) is 16.0. The average molecular weight is 307 g/mol. The molecule has 2 aromatic rings. The van der Waals surface area contributed by atoms with Gasteiger partial charge in [0.1, 0.15) is 5.82 Å². The monoisotopic (exact) mass is 306 g/mol. The number of hydrogen-bond donors (Lipinski definition) is 1. The number of aromatic nitrogens is 1. The second-order valence-electron chi connectivity index (χ2n) is 4.15. The number of benzene rings is 1. The first-order valence-electron chi connectivity index (χ1n) is 5.92. The summed E-state index contributed by atoms with van der Waals surface area (Å²) >= 11 is 11.8. The summed E-state index contributed by atoms with van der Waals surface area (Å²) < 4.78 is 0. The number of nitrogens with zero attached hydrogens (tertiary/aromatic N) is 1. The van der Waals surface area contributed by atoms with Crippen molar-refractivity contribution in [2.24, 2.45) is 0 Å². The van der Waals surface area contributed by atoms with Gasteiger partial charge >= 0.3 is 0 Å². The normalized spacial score (nSPS) is 10.8. The number of rotatable bonds is 3. The molecule has 0 unspecified atom stereocenters. The van der Waals surface area contributed by atoms with E-state index in [0.717, 1.165) is 11.3 Å². The van der Waals surface area contributed by atoms with Crippen LogP contribution in [0.1, 0.15) is 11.3 Å². The molecule has 0 atom stereocenters. The van der Waals surface area contributed by atoms with Crippen molar-refractivity contribution < 1.29 is 4.79 Å². The molecule has 0 spiro atoms. The molecule has 1 N–H and O–H groups in total. The second-order valence-corrected chi connectivity index (χ2v) is 5.00. The number of aryl methyl sites for hydroxylation is 1. The van der Waals surface area contributed by atoms with Crippen molar-refractivity contribution in [3.8, 4) is 0 Å². The Hall–Kier alpha value is -1.84. The maximum absolute atomic E-state index is 11.8. The second kappa shape index (κ2) is 6.55. The smallest absolute Gasteiger partial charge is 0.249 e. The summed E-state index contributed by atoms with van der Waals surface area (Å²) in [6.07, 6.45) is 3.03. The van der Waals surface area contributed by atoms with Crippen molar-refractivity contribution in [3.05, 3.63) is 63.8 Å². The van der Waals surface area contributed by atoms with E-state index in [-0.39, 0.29) is 5.91 Å². The lowest BCUT2D eigenvalue weighted by Gasteiger charge is -2.02. The SMILES string of the molecule is Cc1cccc(NC(=O)/C=C/c2ccc(Cl)cc2Cl)n1. The zero-order valence-electron chi connectivity index (χ0n) is 10.7. The highest BCUT2D eigenvalue weighted by Crippen LogP contribution is 2.21. The Balaban J connectivity index is 2.06. The quantitative estimate of drug-likeness (QED) is 0.857. The molecule has 0 aliphatic rings. The van der Waals surface area contributed by atoms with Crippen LogP contribution in [-0.2, 0) is 4.79 Å². The van der Waals surface area contributed by atoms with E-state index in [1.165, 1.54) is 6.08 Å². The van der Waals surface area contributed by atoms with E-state index < -0.39 is 0 Å². The fraction of sp³-hybridized carbons (Fsp3) is 0.0667. The van der Waals surface area contributed by atoms with Gasteiger partial charge in [0.25, 0.3) is 0 Å². The topological polar surface area (TPSA) is 42.0 Å². The van der Waals surface area contributed by atoms with Crippen LogP contribution in [-0.4, -0.2) is 10.9 Å². The lowest BCUT2D eigenvalue weighted by atomic mass is 10.2. The fourth-order valence-electron chi connectivity index (χ4n) is 1.58. The molecule has 1 heterocycles. The fourth-order valence-corrected chi connectivity index (χ4v) is 2.05. The number of nitrogens with one attached hydrogen (secondary N) is 1. The predicted octanol–water partition coefficient (Wildman–Crippen LogP) is 4.35. The molecule has 20 heavy (non-hydrogen) atoms. The number of halogens is 2. The summed E-state index contributed by atoms with van der Waals surface area (Å²) in [6, 6.07) is 10.5. The molecule has 0 aliphatic heterocycles. The van der Waals surface area contributed by atoms with Crippen LogP contribution < -0.4 is 5.32 Å². The first-order chi connectivity index (χ1) is 9.54. The van der Waals surface area contributed by atoms with E-state index in [4.69, 9.17) is 23.2 Å². The zero-order chi connectivity index (χ0) is 14.5. The largest absolute Gasteiger partial charge is 0.307 e. The lowest BCUT2D eigenvalue weighted by molar-refractivity contribution is -0.111. The van der Waals surface area contributed by atoms with E-state index in [1.54, 1.807) is 30.3 Å². The van der Waals surface area contributed by atoms with Crippen LogP contribution in [0.3, 0.4) is 0 Å². The molecule has 1 aromatic heterocycles. The van der Waals surface area contributed by atoms with Gasteiger partial charge in [-0.2, -0.15) is 0 Å². The minimum Gasteiger partial charge on any atom is -0.307 e. The lowest BCUT2D eigenvalue weighted by Crippen LogP contribution is -2.09. The molecule has 5 heteroatoms. The van der Waals surface area contributed by atoms with Gasteiger partial charge in [-0.1, -0.05) is 35.3 Å². The number of hydrogen-bond acceptors (Lipinski definition) is 2. The predicted molar refractivity (Wildman–Crippen MR) is 83.1 cm³/mol. The van der Waals surface area contributed by atoms with E-state index >= 15 is 0 Å². The summed E-state index contributed by atoms with van der Waals surface area (Å²) in [6.45, 7) is 1.86. The minimum absolute atomic E-state index is 0.269. The number of amides is 1. The van der Waals surface area contributed by atoms with Crippen LogP contribution in [0.5, 0.6) is 0 Å². The maximum atomic E-state index is 11.8. The number of carbonyl (C=O) groups excluding carboxylic acids is 1. The summed E-state index contributed by atoms with van der Waals surface area (Å²) in [5, 5.41) is 3.73. The molecule has 2 rings (SSSR count). The minimum atomic E-state index is -0.269. The van der Waals surface area contributed by atoms with E-state index in [9.17, 15) is 4.79 Å². The van der Waals surface area contributed by atoms with Gasteiger partial charge in [0.05, 0.1) is 0 Å². The third kappa shape index (κ3) is 4.08. The zero-order valence-corrected chi connectivity index (χ0v) is 12.2. The van der Waals surface area contributed by atoms with Crippen molar-refractivity contribution in [1.82, 2.24) is 4.98 Å². The Morgan fingerprint density at radius 2 is 2.05 bits per heavy atom. The molecular formula is C15H12Cl2N2O. The highest BCUT2D eigenvalue weighted by atomic mass is 35.5. The van der Waals surface area contributed by atoms with Crippen molar-refractivity contribution in [2.45, 2.75) is 6.92 Å². The maximum Gasteiger partial charge on any atom is 0.249 e. The Labute approximate surface area is 127 Å². The average Bonchev–Trinajstić information content (AvgIpc) is 2.37. The number of carbonyl (C=O) groups is 1. The van der Waals surface area contributed by atoms with Crippen molar-refractivity contribution >= 4 is 41.0 Å². The Bertz CT molecular complexity index is 669. The Morgan fingerprint density at radius 3 is 2.75 bits per heavy atom. The molecule has 102 valence electrons. The van der Waals surface area contributed by atoms with Crippen LogP contribution in [0.25, 0.3) is 6.08 Å². The first kappa shape index (κ1) is 14.6. The molecule has 0 saturated heterocycles. The van der Waals surface area contributed by atoms with Gasteiger partial charge in [0, 0.05) is 21.8 Å². The molecule has 3 nitrogen and oxygen atoms in total. The standard InChI is InChI=1S/C15H12Cl2N2O/c1-10-3-2-4-14(18-10)19-15(20)8-6-11-5-7-12(16)9-13(11)17/h2-9H,1H3,(H,18,19,20)/b8-6+. The molecule has 0 radical (unpaired) electrons. The first-order valence-corrected chi connectivity index (χ1v) is 6.68. The molecule has 1 aromatic carbocycles. The summed E-state index contributed by atoms with van der Waals surface area (Å²) in [5.74, 6) is 0.246. The Kier molecular flexibility index (Phi) is 4.77. The molecule has 0 aliphatic carbocycles. The summed E-state index contributed by atoms with van der Waals surface area (Å²) in [5.41, 5.74) is 1.57. The van der Waals surface area contributed by atoms with E-state index in [1.807, 2.05) is 19.1 Å². The van der Waals surface area contributed by atoms with E-state index in [2.05, 4.69) is 10.3 Å². The van der Waals surface area contributed by atoms with Gasteiger partial charge in [0.2, 0.25) is 5.91 Å². The van der Waals surface area contributed by atoms with Crippen molar-refractivity contribution in [3.63, 3.8) is 0 Å². The van der Waals surface area contributed by atoms with Gasteiger partial charge < -0.3 is 5.32 Å². The highest BCUT2D eigenvalue weighted by Gasteiger charge is 2.01. The highest BCUT2D eigenvalue weighted by molar-refractivity contribution is 6.35. The van der Waals surface area contributed by atoms with Crippen LogP contribution in [0.4, 0.5) is 5.82 Å². The van der Waals surface area contributed by atoms with Gasteiger partial charge in [0.15, 0.2) is 0 Å². The van der Waals surface area contributed by atoms with Crippen molar-refractivity contribution in [1.29, 1.82) is 0 Å². The summed E-state index contributed by atoms with van der Waals surface area (Å²) in [7, 11) is 0. The third-order valence-electron chi connectivity index (χ3n) is 2.52. The third-order valence-corrected chi connectivity index (χ3v) is 3.08.